The van der Waals surface area contributed by atoms with Gasteiger partial charge in [0.25, 0.3) is 11.8 Å². The van der Waals surface area contributed by atoms with Crippen molar-refractivity contribution in [3.05, 3.63) is 30.1 Å². The number of hydrogen-bond donors (Lipinski definition) is 1. The first-order valence-electron chi connectivity index (χ1n) is 10.6. The van der Waals surface area contributed by atoms with Crippen LogP contribution in [0.3, 0.4) is 0 Å². The molecule has 1 aromatic heterocycles. The maximum atomic E-state index is 13.6. The number of nitrogens with zero attached hydrogens (tertiary/aromatic N) is 3. The van der Waals surface area contributed by atoms with Crippen molar-refractivity contribution in [3.63, 3.8) is 0 Å². The minimum Gasteiger partial charge on any atom is -0.332 e. The predicted octanol–water partition coefficient (Wildman–Crippen LogP) is 2.57. The topological polar surface area (TPSA) is 82.6 Å². The third kappa shape index (κ3) is 4.48. The van der Waals surface area contributed by atoms with Crippen LogP contribution in [0.5, 0.6) is 0 Å². The number of carbonyl (C=O) groups is 3. The Balaban J connectivity index is 1.80. The monoisotopic (exact) mass is 410 g/mol. The minimum atomic E-state index is -0.915. The summed E-state index contributed by atoms with van der Waals surface area (Å²) in [5, 5.41) is 3.06. The molecule has 0 saturated carbocycles. The second-order valence-corrected chi connectivity index (χ2v) is 8.49. The van der Waals surface area contributed by atoms with Gasteiger partial charge in [-0.15, -0.1) is 0 Å². The zero-order valence-corrected chi connectivity index (χ0v) is 18.0. The lowest BCUT2D eigenvalue weighted by Gasteiger charge is -2.40. The van der Waals surface area contributed by atoms with Crippen LogP contribution < -0.4 is 5.32 Å². The highest BCUT2D eigenvalue weighted by Gasteiger charge is 2.55. The fraction of sp³-hybridized carbons (Fsp3) is 0.565. The van der Waals surface area contributed by atoms with Crippen molar-refractivity contribution in [1.82, 2.24) is 20.1 Å². The molecule has 1 N–H and O–H groups in total. The molecule has 4 amide bonds. The van der Waals surface area contributed by atoms with Crippen molar-refractivity contribution in [2.24, 2.45) is 11.8 Å². The molecule has 7 heteroatoms. The van der Waals surface area contributed by atoms with Crippen molar-refractivity contribution < 1.29 is 14.4 Å². The van der Waals surface area contributed by atoms with Gasteiger partial charge in [-0.05, 0) is 62.5 Å². The van der Waals surface area contributed by atoms with Crippen LogP contribution in [0.15, 0.2) is 24.4 Å². The van der Waals surface area contributed by atoms with Crippen molar-refractivity contribution >= 4 is 17.8 Å². The van der Waals surface area contributed by atoms with Gasteiger partial charge in [-0.25, -0.2) is 4.79 Å². The van der Waals surface area contributed by atoms with E-state index in [4.69, 9.17) is 0 Å². The lowest BCUT2D eigenvalue weighted by atomic mass is 9.74. The highest BCUT2D eigenvalue weighted by molar-refractivity contribution is 6.07. The van der Waals surface area contributed by atoms with Crippen molar-refractivity contribution in [2.45, 2.75) is 58.5 Å². The smallest absolute Gasteiger partial charge is 0.325 e. The largest absolute Gasteiger partial charge is 0.332 e. The van der Waals surface area contributed by atoms with E-state index in [0.717, 1.165) is 6.42 Å². The summed E-state index contributed by atoms with van der Waals surface area (Å²) in [6.45, 7) is 7.14. The quantitative estimate of drug-likeness (QED) is 0.577. The Morgan fingerprint density at radius 2 is 2.03 bits per heavy atom. The molecule has 3 rings (SSSR count). The SMILES string of the molecule is CC#CC(=O)N1CCC(C2(CCC(C)C)NC(=O)N(Cc3ccccn3)C2=O)CC1. The second kappa shape index (κ2) is 9.29. The van der Waals surface area contributed by atoms with Gasteiger partial charge >= 0.3 is 6.03 Å². The van der Waals surface area contributed by atoms with Crippen LogP contribution in [0.25, 0.3) is 0 Å². The summed E-state index contributed by atoms with van der Waals surface area (Å²) >= 11 is 0. The zero-order valence-electron chi connectivity index (χ0n) is 18.0. The summed E-state index contributed by atoms with van der Waals surface area (Å²) in [4.78, 5) is 45.8. The summed E-state index contributed by atoms with van der Waals surface area (Å²) in [6, 6.07) is 5.11. The van der Waals surface area contributed by atoms with Gasteiger partial charge in [-0.1, -0.05) is 25.8 Å². The average Bonchev–Trinajstić information content (AvgIpc) is 2.98. The summed E-state index contributed by atoms with van der Waals surface area (Å²) in [7, 11) is 0. The van der Waals surface area contributed by atoms with E-state index in [0.29, 0.717) is 44.0 Å². The third-order valence-electron chi connectivity index (χ3n) is 6.08. The van der Waals surface area contributed by atoms with Gasteiger partial charge in [0.05, 0.1) is 12.2 Å². The number of amides is 4. The Hall–Kier alpha value is -2.88. The number of imide groups is 1. The molecule has 0 spiro atoms. The van der Waals surface area contributed by atoms with Crippen LogP contribution in [0.1, 0.15) is 52.1 Å². The van der Waals surface area contributed by atoms with Gasteiger partial charge in [0, 0.05) is 19.3 Å². The molecular weight excluding hydrogens is 380 g/mol. The maximum absolute atomic E-state index is 13.6. The normalized spacial score (nSPS) is 22.1. The number of hydrogen-bond acceptors (Lipinski definition) is 4. The summed E-state index contributed by atoms with van der Waals surface area (Å²) in [6.07, 6.45) is 4.42. The molecule has 2 aliphatic rings. The van der Waals surface area contributed by atoms with E-state index < -0.39 is 5.54 Å². The van der Waals surface area contributed by atoms with E-state index in [1.807, 2.05) is 12.1 Å². The lowest BCUT2D eigenvalue weighted by Crippen LogP contribution is -2.56. The van der Waals surface area contributed by atoms with Crippen molar-refractivity contribution in [3.8, 4) is 11.8 Å². The van der Waals surface area contributed by atoms with E-state index in [2.05, 4.69) is 36.0 Å². The lowest BCUT2D eigenvalue weighted by molar-refractivity contribution is -0.135. The van der Waals surface area contributed by atoms with E-state index >= 15 is 0 Å². The number of pyridine rings is 1. The number of urea groups is 1. The molecule has 2 fully saturated rings. The molecular formula is C23H30N4O3. The molecule has 0 bridgehead atoms. The highest BCUT2D eigenvalue weighted by atomic mass is 16.2. The summed E-state index contributed by atoms with van der Waals surface area (Å²) in [5.74, 6) is 5.29. The number of piperidine rings is 1. The first kappa shape index (κ1) is 21.8. The molecule has 2 aliphatic heterocycles. The molecule has 0 radical (unpaired) electrons. The Labute approximate surface area is 178 Å². The Morgan fingerprint density at radius 3 is 2.63 bits per heavy atom. The average molecular weight is 411 g/mol. The summed E-state index contributed by atoms with van der Waals surface area (Å²) < 4.78 is 0. The number of likely N-dealkylation sites (tertiary alicyclic amines) is 1. The van der Waals surface area contributed by atoms with Gasteiger partial charge in [-0.3, -0.25) is 19.5 Å². The fourth-order valence-electron chi connectivity index (χ4n) is 4.37. The van der Waals surface area contributed by atoms with Gasteiger partial charge < -0.3 is 10.2 Å². The summed E-state index contributed by atoms with van der Waals surface area (Å²) in [5.41, 5.74) is -0.235. The zero-order chi connectivity index (χ0) is 21.7. The van der Waals surface area contributed by atoms with Crippen LogP contribution in [-0.2, 0) is 16.1 Å². The number of nitrogens with one attached hydrogen (secondary N) is 1. The van der Waals surface area contributed by atoms with Crippen LogP contribution in [0.4, 0.5) is 4.79 Å². The molecule has 1 unspecified atom stereocenters. The van der Waals surface area contributed by atoms with Gasteiger partial charge in [0.2, 0.25) is 0 Å². The third-order valence-corrected chi connectivity index (χ3v) is 6.08. The Morgan fingerprint density at radius 1 is 1.30 bits per heavy atom. The number of aromatic nitrogens is 1. The van der Waals surface area contributed by atoms with Gasteiger partial charge in [0.1, 0.15) is 5.54 Å². The molecule has 0 aromatic carbocycles. The highest BCUT2D eigenvalue weighted by Crippen LogP contribution is 2.38. The predicted molar refractivity (Wildman–Crippen MR) is 113 cm³/mol. The minimum absolute atomic E-state index is 0.0138. The molecule has 2 saturated heterocycles. The van der Waals surface area contributed by atoms with E-state index in [1.165, 1.54) is 4.90 Å². The van der Waals surface area contributed by atoms with Crippen molar-refractivity contribution in [2.75, 3.05) is 13.1 Å². The molecule has 30 heavy (non-hydrogen) atoms. The van der Waals surface area contributed by atoms with Crippen molar-refractivity contribution in [1.29, 1.82) is 0 Å². The van der Waals surface area contributed by atoms with Gasteiger partial charge in [-0.2, -0.15) is 0 Å². The number of rotatable bonds is 6. The maximum Gasteiger partial charge on any atom is 0.325 e. The Kier molecular flexibility index (Phi) is 6.76. The first-order chi connectivity index (χ1) is 14.4. The first-order valence-corrected chi connectivity index (χ1v) is 10.6. The number of carbonyl (C=O) groups excluding carboxylic acids is 3. The van der Waals surface area contributed by atoms with Crippen LogP contribution in [0, 0.1) is 23.7 Å². The van der Waals surface area contributed by atoms with E-state index in [9.17, 15) is 14.4 Å². The standard InChI is InChI=1S/C23H30N4O3/c1-4-7-20(28)26-14-10-18(11-15-26)23(12-9-17(2)3)21(29)27(22(30)25-23)16-19-8-5-6-13-24-19/h5-6,8,13,17-18H,9-12,14-16H2,1-3H3,(H,25,30). The van der Waals surface area contributed by atoms with Crippen LogP contribution >= 0.6 is 0 Å². The molecule has 0 aliphatic carbocycles. The Bertz CT molecular complexity index is 850. The van der Waals surface area contributed by atoms with Crippen LogP contribution in [-0.4, -0.2) is 51.3 Å². The van der Waals surface area contributed by atoms with Crippen LogP contribution in [0.2, 0.25) is 0 Å². The molecule has 160 valence electrons. The van der Waals surface area contributed by atoms with E-state index in [-0.39, 0.29) is 30.3 Å². The molecule has 7 nitrogen and oxygen atoms in total. The molecule has 1 aromatic rings. The molecule has 1 atom stereocenters. The fourth-order valence-corrected chi connectivity index (χ4v) is 4.37. The van der Waals surface area contributed by atoms with Gasteiger partial charge in [0.15, 0.2) is 0 Å². The molecule has 3 heterocycles. The van der Waals surface area contributed by atoms with E-state index in [1.54, 1.807) is 24.1 Å². The second-order valence-electron chi connectivity index (χ2n) is 8.49.